The Morgan fingerprint density at radius 3 is 2.65 bits per heavy atom. The lowest BCUT2D eigenvalue weighted by atomic mass is 10.3. The van der Waals surface area contributed by atoms with Crippen molar-refractivity contribution in [2.45, 2.75) is 18.5 Å². The molecule has 0 aliphatic heterocycles. The van der Waals surface area contributed by atoms with Crippen molar-refractivity contribution in [1.82, 2.24) is 14.8 Å². The van der Waals surface area contributed by atoms with E-state index in [0.717, 1.165) is 12.3 Å². The Kier molecular flexibility index (Phi) is 3.70. The molecule has 0 fully saturated rings. The molecule has 0 bridgehead atoms. The van der Waals surface area contributed by atoms with Gasteiger partial charge < -0.3 is 5.11 Å². The number of sulfonamides is 1. The number of carbonyl (C=O) groups is 1. The molecule has 2 aromatic rings. The van der Waals surface area contributed by atoms with E-state index < -0.39 is 16.0 Å². The van der Waals surface area contributed by atoms with Gasteiger partial charge in [0, 0.05) is 18.9 Å². The van der Waals surface area contributed by atoms with Gasteiger partial charge >= 0.3 is 5.97 Å². The number of hydrogen-bond donors (Lipinski definition) is 2. The van der Waals surface area contributed by atoms with Crippen molar-refractivity contribution >= 4 is 21.7 Å². The van der Waals surface area contributed by atoms with Crippen molar-refractivity contribution in [3.63, 3.8) is 0 Å². The Hall–Kier alpha value is -2.42. The smallest absolute Gasteiger partial charge is 0.337 e. The first-order valence-electron chi connectivity index (χ1n) is 5.67. The molecule has 9 heteroatoms. The van der Waals surface area contributed by atoms with E-state index >= 15 is 0 Å². The summed E-state index contributed by atoms with van der Waals surface area (Å²) < 4.78 is 27.9. The lowest BCUT2D eigenvalue weighted by Gasteiger charge is -2.05. The summed E-state index contributed by atoms with van der Waals surface area (Å²) in [5.41, 5.74) is 0.235. The largest absolute Gasteiger partial charge is 0.478 e. The zero-order valence-corrected chi connectivity index (χ0v) is 11.3. The van der Waals surface area contributed by atoms with Gasteiger partial charge in [-0.1, -0.05) is 0 Å². The highest BCUT2D eigenvalue weighted by atomic mass is 32.2. The fraction of sp³-hybridized carbons (Fsp3) is 0.182. The van der Waals surface area contributed by atoms with E-state index in [4.69, 9.17) is 5.11 Å². The third-order valence-electron chi connectivity index (χ3n) is 2.47. The Labute approximate surface area is 115 Å². The summed E-state index contributed by atoms with van der Waals surface area (Å²) in [6, 6.07) is 2.31. The summed E-state index contributed by atoms with van der Waals surface area (Å²) in [6.45, 7) is 2.49. The molecule has 0 saturated heterocycles. The molecule has 0 aliphatic carbocycles. The van der Waals surface area contributed by atoms with Gasteiger partial charge in [-0.05, 0) is 19.1 Å². The maximum atomic E-state index is 12.0. The highest BCUT2D eigenvalue weighted by Gasteiger charge is 2.17. The number of carboxylic acids is 1. The first-order valence-corrected chi connectivity index (χ1v) is 7.15. The van der Waals surface area contributed by atoms with E-state index in [2.05, 4.69) is 14.8 Å². The molecule has 0 unspecified atom stereocenters. The van der Waals surface area contributed by atoms with Crippen molar-refractivity contribution < 1.29 is 18.3 Å². The lowest BCUT2D eigenvalue weighted by molar-refractivity contribution is 0.0696. The molecular weight excluding hydrogens is 284 g/mol. The summed E-state index contributed by atoms with van der Waals surface area (Å²) in [5.74, 6) is -1.17. The minimum absolute atomic E-state index is 0.0808. The number of pyridine rings is 1. The van der Waals surface area contributed by atoms with Crippen LogP contribution in [0.4, 0.5) is 5.69 Å². The maximum Gasteiger partial charge on any atom is 0.337 e. The number of anilines is 1. The normalized spacial score (nSPS) is 11.2. The molecule has 0 spiro atoms. The third kappa shape index (κ3) is 2.94. The molecule has 2 rings (SSSR count). The maximum absolute atomic E-state index is 12.0. The second-order valence-corrected chi connectivity index (χ2v) is 5.51. The molecule has 2 N–H and O–H groups in total. The quantitative estimate of drug-likeness (QED) is 0.843. The van der Waals surface area contributed by atoms with Gasteiger partial charge in [0.25, 0.3) is 10.0 Å². The molecule has 0 saturated carbocycles. The fourth-order valence-electron chi connectivity index (χ4n) is 1.46. The second-order valence-electron chi connectivity index (χ2n) is 3.88. The van der Waals surface area contributed by atoms with Gasteiger partial charge in [0.15, 0.2) is 5.03 Å². The average molecular weight is 296 g/mol. The molecule has 0 aliphatic rings. The summed E-state index contributed by atoms with van der Waals surface area (Å²) in [5, 5.41) is 12.4. The Bertz CT molecular complexity index is 721. The number of aryl methyl sites for hydroxylation is 1. The van der Waals surface area contributed by atoms with Crippen molar-refractivity contribution in [3.8, 4) is 0 Å². The predicted octanol–water partition coefficient (Wildman–Crippen LogP) is 0.797. The van der Waals surface area contributed by atoms with Crippen LogP contribution in [-0.4, -0.2) is 34.3 Å². The van der Waals surface area contributed by atoms with Gasteiger partial charge in [0.2, 0.25) is 0 Å². The van der Waals surface area contributed by atoms with Crippen LogP contribution in [0, 0.1) is 0 Å². The number of rotatable bonds is 5. The predicted molar refractivity (Wildman–Crippen MR) is 69.9 cm³/mol. The average Bonchev–Trinajstić information content (AvgIpc) is 2.85. The van der Waals surface area contributed by atoms with E-state index in [9.17, 15) is 13.2 Å². The Morgan fingerprint density at radius 2 is 2.15 bits per heavy atom. The van der Waals surface area contributed by atoms with Gasteiger partial charge in [-0.25, -0.2) is 9.78 Å². The van der Waals surface area contributed by atoms with Gasteiger partial charge in [0.1, 0.15) is 0 Å². The standard InChI is InChI=1S/C11H12N4O4S/c1-2-15-7-9(6-13-15)14-20(18,19)10-4-3-8(5-12-10)11(16)17/h3-7,14H,2H2,1H3,(H,16,17). The van der Waals surface area contributed by atoms with E-state index in [1.165, 1.54) is 12.3 Å². The highest BCUT2D eigenvalue weighted by molar-refractivity contribution is 7.92. The van der Waals surface area contributed by atoms with Crippen LogP contribution in [0.3, 0.4) is 0 Å². The molecule has 0 amide bonds. The number of carboxylic acid groups (broad SMARTS) is 1. The van der Waals surface area contributed by atoms with Gasteiger partial charge in [-0.3, -0.25) is 9.40 Å². The minimum atomic E-state index is -3.86. The van der Waals surface area contributed by atoms with Crippen LogP contribution >= 0.6 is 0 Å². The van der Waals surface area contributed by atoms with Crippen molar-refractivity contribution in [2.75, 3.05) is 4.72 Å². The van der Waals surface area contributed by atoms with E-state index in [1.807, 2.05) is 6.92 Å². The van der Waals surface area contributed by atoms with Crippen LogP contribution in [-0.2, 0) is 16.6 Å². The first-order chi connectivity index (χ1) is 9.42. The third-order valence-corrected chi connectivity index (χ3v) is 3.76. The van der Waals surface area contributed by atoms with Gasteiger partial charge in [-0.15, -0.1) is 0 Å². The summed E-state index contributed by atoms with van der Waals surface area (Å²) >= 11 is 0. The highest BCUT2D eigenvalue weighted by Crippen LogP contribution is 2.13. The topological polar surface area (TPSA) is 114 Å². The van der Waals surface area contributed by atoms with Crippen LogP contribution in [0.25, 0.3) is 0 Å². The van der Waals surface area contributed by atoms with Crippen LogP contribution in [0.2, 0.25) is 0 Å². The molecule has 20 heavy (non-hydrogen) atoms. The second kappa shape index (κ2) is 5.29. The fourth-order valence-corrected chi connectivity index (χ4v) is 2.42. The summed E-state index contributed by atoms with van der Waals surface area (Å²) in [7, 11) is -3.86. The molecule has 0 aromatic carbocycles. The van der Waals surface area contributed by atoms with Crippen LogP contribution < -0.4 is 4.72 Å². The van der Waals surface area contributed by atoms with E-state index in [1.54, 1.807) is 10.9 Å². The Morgan fingerprint density at radius 1 is 1.40 bits per heavy atom. The molecule has 0 atom stereocenters. The van der Waals surface area contributed by atoms with Crippen LogP contribution in [0.1, 0.15) is 17.3 Å². The summed E-state index contributed by atoms with van der Waals surface area (Å²) in [4.78, 5) is 14.3. The zero-order valence-electron chi connectivity index (χ0n) is 10.5. The molecule has 2 heterocycles. The molecule has 8 nitrogen and oxygen atoms in total. The monoisotopic (exact) mass is 296 g/mol. The molecule has 0 radical (unpaired) electrons. The van der Waals surface area contributed by atoms with Crippen molar-refractivity contribution in [3.05, 3.63) is 36.3 Å². The van der Waals surface area contributed by atoms with Crippen molar-refractivity contribution in [2.24, 2.45) is 0 Å². The number of nitrogens with zero attached hydrogens (tertiary/aromatic N) is 3. The molecule has 2 aromatic heterocycles. The van der Waals surface area contributed by atoms with Crippen LogP contribution in [0.5, 0.6) is 0 Å². The number of hydrogen-bond acceptors (Lipinski definition) is 5. The minimum Gasteiger partial charge on any atom is -0.478 e. The first kappa shape index (κ1) is 14.0. The van der Waals surface area contributed by atoms with Gasteiger partial charge in [-0.2, -0.15) is 13.5 Å². The number of aromatic carboxylic acids is 1. The number of aromatic nitrogens is 3. The number of nitrogens with one attached hydrogen (secondary N) is 1. The van der Waals surface area contributed by atoms with E-state index in [-0.39, 0.29) is 10.6 Å². The molecular formula is C11H12N4O4S. The van der Waals surface area contributed by atoms with Gasteiger partial charge in [0.05, 0.1) is 17.4 Å². The Balaban J connectivity index is 2.23. The van der Waals surface area contributed by atoms with Crippen LogP contribution in [0.15, 0.2) is 35.7 Å². The lowest BCUT2D eigenvalue weighted by Crippen LogP contribution is -2.14. The van der Waals surface area contributed by atoms with E-state index in [0.29, 0.717) is 12.2 Å². The SMILES string of the molecule is CCn1cc(NS(=O)(=O)c2ccc(C(=O)O)cn2)cn1. The zero-order chi connectivity index (χ0) is 14.8. The van der Waals surface area contributed by atoms with Crippen molar-refractivity contribution in [1.29, 1.82) is 0 Å². The summed E-state index contributed by atoms with van der Waals surface area (Å²) in [6.07, 6.45) is 3.92. The molecule has 106 valence electrons.